The molecule has 4 aromatic rings. The number of pyridine rings is 1. The number of ether oxygens (including phenoxy) is 1. The van der Waals surface area contributed by atoms with E-state index in [2.05, 4.69) is 59.7 Å². The SMILES string of the molecule is C[C@]1(OC2C=CC=CC2c2cnc3[nH]cc(-c4coc(C(=O)NCc5ccccc5)c4)c3c2)C=CC=CC1. The van der Waals surface area contributed by atoms with Crippen LogP contribution in [0, 0.1) is 0 Å². The normalized spacial score (nSPS) is 22.2. The van der Waals surface area contributed by atoms with E-state index in [1.165, 1.54) is 0 Å². The van der Waals surface area contributed by atoms with Crippen LogP contribution in [0.25, 0.3) is 22.2 Å². The second kappa shape index (κ2) is 10.1. The lowest BCUT2D eigenvalue weighted by Gasteiger charge is -2.35. The number of hydrogen-bond donors (Lipinski definition) is 2. The quantitative estimate of drug-likeness (QED) is 0.297. The molecule has 1 amide bonds. The molecule has 1 aromatic carbocycles. The number of carbonyl (C=O) groups excluding carboxylic acids is 1. The Bertz CT molecular complexity index is 1570. The molecule has 3 atom stereocenters. The zero-order chi connectivity index (χ0) is 26.0. The predicted octanol–water partition coefficient (Wildman–Crippen LogP) is 6.62. The standard InChI is InChI=1S/C32H29N3O3/c1-32(14-8-3-9-15-32)38-28-13-7-6-12-25(28)23-16-26-27(20-34-30(26)33-19-23)24-17-29(37-21-24)31(36)35-18-22-10-4-2-5-11-22/h2-14,16-17,19-21,25,28H,15,18H2,1H3,(H,33,34)(H,35,36)/t25?,28?,32-/m0/s1. The molecule has 3 heterocycles. The number of benzene rings is 1. The molecule has 2 aliphatic rings. The highest BCUT2D eigenvalue weighted by molar-refractivity contribution is 5.97. The second-order valence-electron chi connectivity index (χ2n) is 9.92. The number of furan rings is 1. The van der Waals surface area contributed by atoms with Crippen molar-refractivity contribution in [2.45, 2.75) is 37.5 Å². The van der Waals surface area contributed by atoms with E-state index in [-0.39, 0.29) is 29.3 Å². The molecule has 0 aliphatic heterocycles. The number of aromatic nitrogens is 2. The smallest absolute Gasteiger partial charge is 0.287 e. The van der Waals surface area contributed by atoms with Crippen LogP contribution in [0.1, 0.15) is 40.9 Å². The van der Waals surface area contributed by atoms with Crippen LogP contribution in [-0.4, -0.2) is 27.6 Å². The van der Waals surface area contributed by atoms with E-state index in [1.54, 1.807) is 12.3 Å². The Labute approximate surface area is 221 Å². The number of hydrogen-bond acceptors (Lipinski definition) is 4. The number of carbonyl (C=O) groups is 1. The van der Waals surface area contributed by atoms with Gasteiger partial charge in [-0.3, -0.25) is 4.79 Å². The van der Waals surface area contributed by atoms with Crippen LogP contribution < -0.4 is 5.32 Å². The molecule has 2 unspecified atom stereocenters. The minimum Gasteiger partial charge on any atom is -0.459 e. The van der Waals surface area contributed by atoms with Crippen molar-refractivity contribution < 1.29 is 13.9 Å². The fraction of sp³-hybridized carbons (Fsp3) is 0.188. The van der Waals surface area contributed by atoms with E-state index < -0.39 is 0 Å². The minimum atomic E-state index is -0.349. The van der Waals surface area contributed by atoms with Gasteiger partial charge in [0.15, 0.2) is 5.76 Å². The van der Waals surface area contributed by atoms with E-state index in [4.69, 9.17) is 14.1 Å². The molecule has 0 saturated carbocycles. The molecular formula is C32H29N3O3. The lowest BCUT2D eigenvalue weighted by molar-refractivity contribution is -0.0350. The number of H-pyrrole nitrogens is 1. The summed E-state index contributed by atoms with van der Waals surface area (Å²) in [5.41, 5.74) is 4.27. The Balaban J connectivity index is 1.23. The first-order valence-corrected chi connectivity index (χ1v) is 12.8. The summed E-state index contributed by atoms with van der Waals surface area (Å²) < 4.78 is 12.3. The summed E-state index contributed by atoms with van der Waals surface area (Å²) in [6, 6.07) is 13.7. The van der Waals surface area contributed by atoms with Crippen LogP contribution in [-0.2, 0) is 11.3 Å². The monoisotopic (exact) mass is 503 g/mol. The molecule has 6 heteroatoms. The first kappa shape index (κ1) is 23.9. The van der Waals surface area contributed by atoms with Gasteiger partial charge in [0.25, 0.3) is 5.91 Å². The summed E-state index contributed by atoms with van der Waals surface area (Å²) >= 11 is 0. The third-order valence-electron chi connectivity index (χ3n) is 7.08. The fourth-order valence-electron chi connectivity index (χ4n) is 5.01. The minimum absolute atomic E-state index is 0.0273. The molecule has 0 fully saturated rings. The average Bonchev–Trinajstić information content (AvgIpc) is 3.60. The number of fused-ring (bicyclic) bond motifs is 1. The number of allylic oxidation sites excluding steroid dienone is 4. The van der Waals surface area contributed by atoms with Crippen LogP contribution in [0.4, 0.5) is 0 Å². The van der Waals surface area contributed by atoms with E-state index >= 15 is 0 Å². The van der Waals surface area contributed by atoms with Crippen molar-refractivity contribution in [3.05, 3.63) is 127 Å². The average molecular weight is 504 g/mol. The summed E-state index contributed by atoms with van der Waals surface area (Å²) in [5, 5.41) is 3.88. The molecule has 6 nitrogen and oxygen atoms in total. The third-order valence-corrected chi connectivity index (χ3v) is 7.08. The van der Waals surface area contributed by atoms with Gasteiger partial charge in [0, 0.05) is 41.4 Å². The van der Waals surface area contributed by atoms with Crippen molar-refractivity contribution in [1.29, 1.82) is 0 Å². The lowest BCUT2D eigenvalue weighted by Crippen LogP contribution is -2.34. The van der Waals surface area contributed by atoms with E-state index in [0.717, 1.165) is 39.7 Å². The van der Waals surface area contributed by atoms with Crippen molar-refractivity contribution in [2.75, 3.05) is 0 Å². The predicted molar refractivity (Wildman–Crippen MR) is 149 cm³/mol. The van der Waals surface area contributed by atoms with Crippen LogP contribution in [0.3, 0.4) is 0 Å². The van der Waals surface area contributed by atoms with Gasteiger partial charge in [0.2, 0.25) is 0 Å². The molecule has 3 aromatic heterocycles. The van der Waals surface area contributed by atoms with Gasteiger partial charge in [-0.05, 0) is 36.6 Å². The molecule has 0 spiro atoms. The molecule has 2 N–H and O–H groups in total. The summed E-state index contributed by atoms with van der Waals surface area (Å²) in [5.74, 6) is 0.0449. The summed E-state index contributed by atoms with van der Waals surface area (Å²) in [6.45, 7) is 2.56. The molecule has 6 rings (SSSR count). The molecule has 0 radical (unpaired) electrons. The molecular weight excluding hydrogens is 474 g/mol. The number of aromatic amines is 1. The Morgan fingerprint density at radius 3 is 2.87 bits per heavy atom. The zero-order valence-electron chi connectivity index (χ0n) is 21.1. The molecule has 0 bridgehead atoms. The Hall–Kier alpha value is -4.42. The highest BCUT2D eigenvalue weighted by Gasteiger charge is 2.31. The maximum Gasteiger partial charge on any atom is 0.287 e. The summed E-state index contributed by atoms with van der Waals surface area (Å²) in [6.07, 6.45) is 22.9. The van der Waals surface area contributed by atoms with Gasteiger partial charge in [0.1, 0.15) is 5.65 Å². The number of nitrogens with one attached hydrogen (secondary N) is 2. The largest absolute Gasteiger partial charge is 0.459 e. The van der Waals surface area contributed by atoms with Crippen LogP contribution in [0.15, 0.2) is 114 Å². The van der Waals surface area contributed by atoms with Gasteiger partial charge in [-0.15, -0.1) is 0 Å². The summed E-state index contributed by atoms with van der Waals surface area (Å²) in [4.78, 5) is 20.6. The van der Waals surface area contributed by atoms with Crippen molar-refractivity contribution in [1.82, 2.24) is 15.3 Å². The van der Waals surface area contributed by atoms with Crippen molar-refractivity contribution in [3.8, 4) is 11.1 Å². The second-order valence-corrected chi connectivity index (χ2v) is 9.92. The number of amides is 1. The van der Waals surface area contributed by atoms with Gasteiger partial charge in [-0.25, -0.2) is 4.98 Å². The highest BCUT2D eigenvalue weighted by Crippen LogP contribution is 2.36. The van der Waals surface area contributed by atoms with Gasteiger partial charge in [-0.1, -0.05) is 78.9 Å². The Kier molecular flexibility index (Phi) is 6.40. The van der Waals surface area contributed by atoms with Crippen LogP contribution >= 0.6 is 0 Å². The van der Waals surface area contributed by atoms with Gasteiger partial charge in [0.05, 0.1) is 18.0 Å². The first-order chi connectivity index (χ1) is 18.6. The van der Waals surface area contributed by atoms with Crippen LogP contribution in [0.2, 0.25) is 0 Å². The Morgan fingerprint density at radius 1 is 1.16 bits per heavy atom. The van der Waals surface area contributed by atoms with E-state index in [9.17, 15) is 4.79 Å². The van der Waals surface area contributed by atoms with Gasteiger partial charge in [-0.2, -0.15) is 0 Å². The Morgan fingerprint density at radius 2 is 2.03 bits per heavy atom. The first-order valence-electron chi connectivity index (χ1n) is 12.8. The third kappa shape index (κ3) is 4.91. The van der Waals surface area contributed by atoms with E-state index in [0.29, 0.717) is 6.54 Å². The molecule has 38 heavy (non-hydrogen) atoms. The maximum atomic E-state index is 12.7. The highest BCUT2D eigenvalue weighted by atomic mass is 16.5. The fourth-order valence-corrected chi connectivity index (χ4v) is 5.01. The maximum absolute atomic E-state index is 12.7. The van der Waals surface area contributed by atoms with Gasteiger partial charge >= 0.3 is 0 Å². The number of nitrogens with zero attached hydrogens (tertiary/aromatic N) is 1. The molecule has 190 valence electrons. The van der Waals surface area contributed by atoms with Crippen LogP contribution in [0.5, 0.6) is 0 Å². The van der Waals surface area contributed by atoms with E-state index in [1.807, 2.05) is 54.9 Å². The van der Waals surface area contributed by atoms with Crippen molar-refractivity contribution in [2.24, 2.45) is 0 Å². The number of rotatable bonds is 7. The lowest BCUT2D eigenvalue weighted by atomic mass is 9.88. The van der Waals surface area contributed by atoms with Crippen molar-refractivity contribution >= 4 is 16.9 Å². The summed E-state index contributed by atoms with van der Waals surface area (Å²) in [7, 11) is 0. The zero-order valence-corrected chi connectivity index (χ0v) is 21.1. The van der Waals surface area contributed by atoms with Gasteiger partial charge < -0.3 is 19.5 Å². The van der Waals surface area contributed by atoms with Crippen molar-refractivity contribution in [3.63, 3.8) is 0 Å². The molecule has 0 saturated heterocycles. The topological polar surface area (TPSA) is 80.2 Å². The molecule has 2 aliphatic carbocycles.